The number of benzene rings is 2. The molecule has 6 nitrogen and oxygen atoms in total. The van der Waals surface area contributed by atoms with E-state index < -0.39 is 0 Å². The first kappa shape index (κ1) is 18.5. The number of rotatable bonds is 3. The number of nitrogens with two attached hydrogens (primary N) is 1. The highest BCUT2D eigenvalue weighted by molar-refractivity contribution is 5.88. The van der Waals surface area contributed by atoms with E-state index in [1.54, 1.807) is 0 Å². The molecule has 0 aliphatic carbocycles. The van der Waals surface area contributed by atoms with Gasteiger partial charge in [-0.1, -0.05) is 42.5 Å². The first-order valence-corrected chi connectivity index (χ1v) is 10.2. The Morgan fingerprint density at radius 3 is 2.37 bits per heavy atom. The maximum atomic E-state index is 6.42. The van der Waals surface area contributed by atoms with Gasteiger partial charge in [0.05, 0.1) is 16.9 Å². The van der Waals surface area contributed by atoms with Crippen molar-refractivity contribution >= 4 is 22.5 Å². The first-order valence-electron chi connectivity index (χ1n) is 10.2. The minimum Gasteiger partial charge on any atom is -0.381 e. The van der Waals surface area contributed by atoms with Gasteiger partial charge in [-0.2, -0.15) is 0 Å². The number of piperazine rings is 1. The van der Waals surface area contributed by atoms with Gasteiger partial charge in [-0.15, -0.1) is 0 Å². The van der Waals surface area contributed by atoms with Gasteiger partial charge < -0.3 is 15.5 Å². The first-order chi connectivity index (χ1) is 14.7. The SMILES string of the molecule is CN1CCN(c2nc(-c3ccc4ncccc4c3)c(-c3ccccc3)nc2N)CC1. The van der Waals surface area contributed by atoms with Gasteiger partial charge in [0.15, 0.2) is 11.6 Å². The molecule has 1 aliphatic rings. The third kappa shape index (κ3) is 3.46. The Labute approximate surface area is 176 Å². The molecule has 1 saturated heterocycles. The molecule has 0 bridgehead atoms. The fourth-order valence-electron chi connectivity index (χ4n) is 3.91. The molecule has 0 spiro atoms. The lowest BCUT2D eigenvalue weighted by Gasteiger charge is -2.33. The summed E-state index contributed by atoms with van der Waals surface area (Å²) in [5, 5.41) is 1.08. The third-order valence-electron chi connectivity index (χ3n) is 5.63. The van der Waals surface area contributed by atoms with Gasteiger partial charge in [-0.25, -0.2) is 9.97 Å². The fourth-order valence-corrected chi connectivity index (χ4v) is 3.91. The lowest BCUT2D eigenvalue weighted by Crippen LogP contribution is -2.45. The Hall–Kier alpha value is -3.51. The number of hydrogen-bond donors (Lipinski definition) is 1. The van der Waals surface area contributed by atoms with Crippen LogP contribution in [0.25, 0.3) is 33.4 Å². The van der Waals surface area contributed by atoms with Crippen molar-refractivity contribution in [3.8, 4) is 22.5 Å². The highest BCUT2D eigenvalue weighted by atomic mass is 15.3. The van der Waals surface area contributed by atoms with Gasteiger partial charge in [0, 0.05) is 48.9 Å². The van der Waals surface area contributed by atoms with E-state index in [0.717, 1.165) is 65.4 Å². The fraction of sp³-hybridized carbons (Fsp3) is 0.208. The number of anilines is 2. The zero-order valence-corrected chi connectivity index (χ0v) is 17.0. The molecule has 1 fully saturated rings. The zero-order valence-electron chi connectivity index (χ0n) is 17.0. The number of nitrogens with zero attached hydrogens (tertiary/aromatic N) is 5. The van der Waals surface area contributed by atoms with E-state index in [1.165, 1.54) is 0 Å². The minimum atomic E-state index is 0.476. The van der Waals surface area contributed by atoms with E-state index in [4.69, 9.17) is 15.7 Å². The van der Waals surface area contributed by atoms with Gasteiger partial charge in [-0.05, 0) is 25.2 Å². The molecule has 0 atom stereocenters. The maximum Gasteiger partial charge on any atom is 0.172 e. The second-order valence-corrected chi connectivity index (χ2v) is 7.70. The normalized spacial score (nSPS) is 14.9. The molecule has 3 heterocycles. The van der Waals surface area contributed by atoms with E-state index in [0.29, 0.717) is 5.82 Å². The van der Waals surface area contributed by atoms with Crippen molar-refractivity contribution in [3.63, 3.8) is 0 Å². The van der Waals surface area contributed by atoms with E-state index in [2.05, 4.69) is 40.0 Å². The van der Waals surface area contributed by atoms with E-state index in [9.17, 15) is 0 Å². The molecule has 0 radical (unpaired) electrons. The second-order valence-electron chi connectivity index (χ2n) is 7.70. The molecule has 30 heavy (non-hydrogen) atoms. The quantitative estimate of drug-likeness (QED) is 0.569. The third-order valence-corrected chi connectivity index (χ3v) is 5.63. The number of aromatic nitrogens is 3. The van der Waals surface area contributed by atoms with Crippen LogP contribution in [0, 0.1) is 0 Å². The molecule has 150 valence electrons. The van der Waals surface area contributed by atoms with Crippen LogP contribution in [-0.2, 0) is 0 Å². The largest absolute Gasteiger partial charge is 0.381 e. The Morgan fingerprint density at radius 1 is 0.800 bits per heavy atom. The molecule has 5 rings (SSSR count). The van der Waals surface area contributed by atoms with E-state index >= 15 is 0 Å². The topological polar surface area (TPSA) is 71.2 Å². The smallest absolute Gasteiger partial charge is 0.172 e. The standard InChI is InChI=1S/C24H24N6/c1-29-12-14-30(15-13-29)24-23(25)27-21(17-6-3-2-4-7-17)22(28-24)19-9-10-20-18(16-19)8-5-11-26-20/h2-11,16H,12-15H2,1H3,(H2,25,27). The lowest BCUT2D eigenvalue weighted by atomic mass is 10.0. The summed E-state index contributed by atoms with van der Waals surface area (Å²) in [5.41, 5.74) is 11.0. The maximum absolute atomic E-state index is 6.42. The molecule has 4 aromatic rings. The van der Waals surface area contributed by atoms with Gasteiger partial charge in [-0.3, -0.25) is 4.98 Å². The van der Waals surface area contributed by atoms with Crippen molar-refractivity contribution in [1.82, 2.24) is 19.9 Å². The summed E-state index contributed by atoms with van der Waals surface area (Å²) in [7, 11) is 2.14. The number of fused-ring (bicyclic) bond motifs is 1. The highest BCUT2D eigenvalue weighted by Gasteiger charge is 2.22. The predicted octanol–water partition coefficient (Wildman–Crippen LogP) is 3.69. The Bertz CT molecular complexity index is 1180. The second kappa shape index (κ2) is 7.72. The lowest BCUT2D eigenvalue weighted by molar-refractivity contribution is 0.312. The average Bonchev–Trinajstić information content (AvgIpc) is 2.80. The van der Waals surface area contributed by atoms with Gasteiger partial charge in [0.1, 0.15) is 0 Å². The summed E-state index contributed by atoms with van der Waals surface area (Å²) >= 11 is 0. The molecule has 0 unspecified atom stereocenters. The Kier molecular flexibility index (Phi) is 4.77. The summed E-state index contributed by atoms with van der Waals surface area (Å²) in [4.78, 5) is 18.9. The number of nitrogen functional groups attached to an aromatic ring is 1. The van der Waals surface area contributed by atoms with Crippen LogP contribution >= 0.6 is 0 Å². The number of hydrogen-bond acceptors (Lipinski definition) is 6. The van der Waals surface area contributed by atoms with Crippen LogP contribution in [0.4, 0.5) is 11.6 Å². The van der Waals surface area contributed by atoms with Crippen molar-refractivity contribution in [2.24, 2.45) is 0 Å². The molecule has 0 amide bonds. The monoisotopic (exact) mass is 396 g/mol. The zero-order chi connectivity index (χ0) is 20.5. The molecule has 0 saturated carbocycles. The van der Waals surface area contributed by atoms with Crippen molar-refractivity contribution in [3.05, 3.63) is 66.9 Å². The predicted molar refractivity (Wildman–Crippen MR) is 122 cm³/mol. The van der Waals surface area contributed by atoms with Gasteiger partial charge in [0.2, 0.25) is 0 Å². The Morgan fingerprint density at radius 2 is 1.57 bits per heavy atom. The number of likely N-dealkylation sites (N-methyl/N-ethyl adjacent to an activating group) is 1. The Balaban J connectivity index is 1.68. The summed E-state index contributed by atoms with van der Waals surface area (Å²) in [6, 6.07) is 20.4. The summed E-state index contributed by atoms with van der Waals surface area (Å²) < 4.78 is 0. The summed E-state index contributed by atoms with van der Waals surface area (Å²) in [5.74, 6) is 1.24. The van der Waals surface area contributed by atoms with Crippen molar-refractivity contribution in [1.29, 1.82) is 0 Å². The average molecular weight is 396 g/mol. The van der Waals surface area contributed by atoms with Crippen LogP contribution in [0.15, 0.2) is 66.9 Å². The van der Waals surface area contributed by atoms with Crippen LogP contribution in [-0.4, -0.2) is 53.1 Å². The van der Waals surface area contributed by atoms with E-state index in [-0.39, 0.29) is 0 Å². The van der Waals surface area contributed by atoms with Gasteiger partial charge >= 0.3 is 0 Å². The van der Waals surface area contributed by atoms with Crippen LogP contribution in [0.1, 0.15) is 0 Å². The molecule has 2 N–H and O–H groups in total. The van der Waals surface area contributed by atoms with Gasteiger partial charge in [0.25, 0.3) is 0 Å². The van der Waals surface area contributed by atoms with Crippen LogP contribution in [0.3, 0.4) is 0 Å². The van der Waals surface area contributed by atoms with Crippen LogP contribution < -0.4 is 10.6 Å². The highest BCUT2D eigenvalue weighted by Crippen LogP contribution is 2.34. The van der Waals surface area contributed by atoms with E-state index in [1.807, 2.05) is 48.7 Å². The minimum absolute atomic E-state index is 0.476. The number of pyridine rings is 1. The summed E-state index contributed by atoms with van der Waals surface area (Å²) in [6.07, 6.45) is 1.81. The van der Waals surface area contributed by atoms with Crippen LogP contribution in [0.5, 0.6) is 0 Å². The van der Waals surface area contributed by atoms with Crippen LogP contribution in [0.2, 0.25) is 0 Å². The molecule has 1 aliphatic heterocycles. The molecular weight excluding hydrogens is 372 g/mol. The molecule has 2 aromatic heterocycles. The van der Waals surface area contributed by atoms with Crippen molar-refractivity contribution in [2.45, 2.75) is 0 Å². The molecule has 6 heteroatoms. The van der Waals surface area contributed by atoms with Crippen molar-refractivity contribution in [2.75, 3.05) is 43.9 Å². The molecule has 2 aromatic carbocycles. The molecular formula is C24H24N6. The summed E-state index contributed by atoms with van der Waals surface area (Å²) in [6.45, 7) is 3.75. The van der Waals surface area contributed by atoms with Crippen molar-refractivity contribution < 1.29 is 0 Å².